The van der Waals surface area contributed by atoms with Gasteiger partial charge in [0.05, 0.1) is 18.7 Å². The van der Waals surface area contributed by atoms with Crippen molar-refractivity contribution in [3.05, 3.63) is 29.8 Å². The van der Waals surface area contributed by atoms with Crippen LogP contribution in [0.3, 0.4) is 0 Å². The highest BCUT2D eigenvalue weighted by atomic mass is 32.2. The van der Waals surface area contributed by atoms with E-state index in [2.05, 4.69) is 10.3 Å². The lowest BCUT2D eigenvalue weighted by molar-refractivity contribution is -0.137. The average Bonchev–Trinajstić information content (AvgIpc) is 2.39. The highest BCUT2D eigenvalue weighted by Gasteiger charge is 2.30. The third kappa shape index (κ3) is 3.79. The van der Waals surface area contributed by atoms with Gasteiger partial charge in [-0.25, -0.2) is 0 Å². The van der Waals surface area contributed by atoms with Crippen LogP contribution < -0.4 is 10.1 Å². The summed E-state index contributed by atoms with van der Waals surface area (Å²) < 4.78 is 42.7. The van der Waals surface area contributed by atoms with Crippen LogP contribution in [0.4, 0.5) is 13.2 Å². The predicted molar refractivity (Wildman–Crippen MR) is 69.7 cm³/mol. The van der Waals surface area contributed by atoms with Gasteiger partial charge in [-0.3, -0.25) is 4.99 Å². The number of alkyl halides is 3. The Hall–Kier alpha value is -1.37. The molecular formula is C12H13F3N2OS. The third-order valence-electron chi connectivity index (χ3n) is 2.60. The van der Waals surface area contributed by atoms with Gasteiger partial charge in [0.2, 0.25) is 0 Å². The zero-order valence-corrected chi connectivity index (χ0v) is 11.0. The van der Waals surface area contributed by atoms with Crippen molar-refractivity contribution in [3.8, 4) is 5.75 Å². The summed E-state index contributed by atoms with van der Waals surface area (Å²) in [5.41, 5.74) is -0.677. The van der Waals surface area contributed by atoms with E-state index in [0.717, 1.165) is 17.3 Å². The van der Waals surface area contributed by atoms with Crippen LogP contribution in [0.15, 0.2) is 29.3 Å². The Kier molecular flexibility index (Phi) is 4.24. The lowest BCUT2D eigenvalue weighted by Crippen LogP contribution is -2.40. The van der Waals surface area contributed by atoms with Crippen LogP contribution in [-0.2, 0) is 6.18 Å². The zero-order valence-electron chi connectivity index (χ0n) is 10.2. The number of hydrogen-bond acceptors (Lipinski definition) is 4. The number of amidine groups is 1. The molecule has 19 heavy (non-hydrogen) atoms. The zero-order chi connectivity index (χ0) is 13.9. The molecule has 0 saturated carbocycles. The van der Waals surface area contributed by atoms with Gasteiger partial charge in [-0.1, -0.05) is 11.8 Å². The molecule has 1 aromatic rings. The summed E-state index contributed by atoms with van der Waals surface area (Å²) in [5, 5.41) is 3.94. The van der Waals surface area contributed by atoms with E-state index in [1.807, 2.05) is 6.26 Å². The van der Waals surface area contributed by atoms with Crippen molar-refractivity contribution < 1.29 is 17.9 Å². The van der Waals surface area contributed by atoms with Crippen molar-refractivity contribution in [1.29, 1.82) is 0 Å². The third-order valence-corrected chi connectivity index (χ3v) is 3.26. The molecule has 0 radical (unpaired) electrons. The maximum atomic E-state index is 12.4. The second kappa shape index (κ2) is 5.73. The molecule has 3 nitrogen and oxygen atoms in total. The highest BCUT2D eigenvalue weighted by Crippen LogP contribution is 2.30. The van der Waals surface area contributed by atoms with Gasteiger partial charge in [-0.05, 0) is 30.5 Å². The van der Waals surface area contributed by atoms with Crippen LogP contribution in [0.2, 0.25) is 0 Å². The smallest absolute Gasteiger partial charge is 0.416 e. The maximum Gasteiger partial charge on any atom is 0.416 e. The molecule has 1 unspecified atom stereocenters. The Labute approximate surface area is 113 Å². The molecule has 104 valence electrons. The van der Waals surface area contributed by atoms with Crippen molar-refractivity contribution in [2.24, 2.45) is 4.99 Å². The second-order valence-corrected chi connectivity index (χ2v) is 4.79. The molecule has 0 aromatic heterocycles. The molecule has 1 N–H and O–H groups in total. The van der Waals surface area contributed by atoms with E-state index < -0.39 is 11.7 Å². The first kappa shape index (κ1) is 14.0. The summed E-state index contributed by atoms with van der Waals surface area (Å²) in [6.45, 7) is 1.10. The summed E-state index contributed by atoms with van der Waals surface area (Å²) in [7, 11) is 0. The van der Waals surface area contributed by atoms with E-state index in [-0.39, 0.29) is 6.10 Å². The highest BCUT2D eigenvalue weighted by molar-refractivity contribution is 8.13. The fourth-order valence-corrected chi connectivity index (χ4v) is 2.07. The molecule has 0 amide bonds. The van der Waals surface area contributed by atoms with Crippen LogP contribution in [0.25, 0.3) is 0 Å². The molecule has 0 bridgehead atoms. The van der Waals surface area contributed by atoms with Gasteiger partial charge in [0.1, 0.15) is 11.9 Å². The first-order chi connectivity index (χ1) is 8.99. The lowest BCUT2D eigenvalue weighted by Gasteiger charge is -2.23. The van der Waals surface area contributed by atoms with Crippen molar-refractivity contribution in [2.75, 3.05) is 19.3 Å². The number of hydrogen-bond donors (Lipinski definition) is 1. The first-order valence-corrected chi connectivity index (χ1v) is 6.88. The van der Waals surface area contributed by atoms with Crippen molar-refractivity contribution >= 4 is 16.9 Å². The number of rotatable bonds is 2. The Morgan fingerprint density at radius 3 is 2.47 bits per heavy atom. The van der Waals surface area contributed by atoms with E-state index in [1.54, 1.807) is 0 Å². The minimum absolute atomic E-state index is 0.160. The lowest BCUT2D eigenvalue weighted by atomic mass is 10.2. The minimum atomic E-state index is -4.32. The number of nitrogens with zero attached hydrogens (tertiary/aromatic N) is 1. The molecule has 1 aliphatic heterocycles. The normalized spacial score (nSPS) is 19.6. The second-order valence-electron chi connectivity index (χ2n) is 3.99. The van der Waals surface area contributed by atoms with Crippen LogP contribution in [-0.4, -0.2) is 30.6 Å². The van der Waals surface area contributed by atoms with Gasteiger partial charge >= 0.3 is 6.18 Å². The Morgan fingerprint density at radius 1 is 1.32 bits per heavy atom. The van der Waals surface area contributed by atoms with Crippen LogP contribution in [0.5, 0.6) is 5.75 Å². The number of benzene rings is 1. The standard InChI is InChI=1S/C12H13F3N2OS/c1-19-11-16-6-10(7-17-11)18-9-4-2-8(3-5-9)12(13,14)15/h2-5,10H,6-7H2,1H3,(H,16,17). The summed E-state index contributed by atoms with van der Waals surface area (Å²) in [6, 6.07) is 4.69. The monoisotopic (exact) mass is 290 g/mol. The van der Waals surface area contributed by atoms with Crippen LogP contribution in [0, 0.1) is 0 Å². The molecule has 7 heteroatoms. The van der Waals surface area contributed by atoms with Gasteiger partial charge in [0.25, 0.3) is 0 Å². The molecule has 0 fully saturated rings. The van der Waals surface area contributed by atoms with Gasteiger partial charge in [0.15, 0.2) is 5.17 Å². The molecule has 0 saturated heterocycles. The molecule has 0 spiro atoms. The number of aliphatic imine (C=N–C) groups is 1. The predicted octanol–water partition coefficient (Wildman–Crippen LogP) is 2.78. The number of halogens is 3. The Balaban J connectivity index is 1.96. The van der Waals surface area contributed by atoms with Crippen molar-refractivity contribution in [2.45, 2.75) is 12.3 Å². The topological polar surface area (TPSA) is 33.6 Å². The van der Waals surface area contributed by atoms with Gasteiger partial charge in [0, 0.05) is 0 Å². The fourth-order valence-electron chi connectivity index (χ4n) is 1.64. The molecule has 1 aromatic carbocycles. The SMILES string of the molecule is CSC1=NCC(Oc2ccc(C(F)(F)F)cc2)CN1. The van der Waals surface area contributed by atoms with Gasteiger partial charge in [-0.2, -0.15) is 13.2 Å². The largest absolute Gasteiger partial charge is 0.487 e. The van der Waals surface area contributed by atoms with E-state index in [0.29, 0.717) is 18.8 Å². The van der Waals surface area contributed by atoms with Gasteiger partial charge in [-0.15, -0.1) is 0 Å². The number of ether oxygens (including phenoxy) is 1. The van der Waals surface area contributed by atoms with Crippen molar-refractivity contribution in [1.82, 2.24) is 5.32 Å². The number of nitrogens with one attached hydrogen (secondary N) is 1. The molecular weight excluding hydrogens is 277 g/mol. The first-order valence-electron chi connectivity index (χ1n) is 5.65. The molecule has 1 heterocycles. The molecule has 0 aliphatic carbocycles. The fraction of sp³-hybridized carbons (Fsp3) is 0.417. The summed E-state index contributed by atoms with van der Waals surface area (Å²) in [5.74, 6) is 0.419. The van der Waals surface area contributed by atoms with E-state index in [1.165, 1.54) is 23.9 Å². The maximum absolute atomic E-state index is 12.4. The Morgan fingerprint density at radius 2 is 2.00 bits per heavy atom. The summed E-state index contributed by atoms with van der Waals surface area (Å²) >= 11 is 1.52. The average molecular weight is 290 g/mol. The Bertz CT molecular complexity index is 459. The molecule has 1 aliphatic rings. The van der Waals surface area contributed by atoms with Crippen LogP contribution in [0.1, 0.15) is 5.56 Å². The summed E-state index contributed by atoms with van der Waals surface area (Å²) in [6.07, 6.45) is -2.56. The van der Waals surface area contributed by atoms with Crippen molar-refractivity contribution in [3.63, 3.8) is 0 Å². The van der Waals surface area contributed by atoms with E-state index in [4.69, 9.17) is 4.74 Å². The number of thioether (sulfide) groups is 1. The van der Waals surface area contributed by atoms with E-state index in [9.17, 15) is 13.2 Å². The quantitative estimate of drug-likeness (QED) is 0.909. The molecule has 2 rings (SSSR count). The molecule has 1 atom stereocenters. The van der Waals surface area contributed by atoms with Crippen LogP contribution >= 0.6 is 11.8 Å². The minimum Gasteiger partial charge on any atom is -0.487 e. The van der Waals surface area contributed by atoms with E-state index >= 15 is 0 Å². The summed E-state index contributed by atoms with van der Waals surface area (Å²) in [4.78, 5) is 4.25. The van der Waals surface area contributed by atoms with Gasteiger partial charge < -0.3 is 10.1 Å².